The van der Waals surface area contributed by atoms with E-state index in [1.165, 1.54) is 19.3 Å². The maximum atomic E-state index is 12.3. The molecule has 18 heavy (non-hydrogen) atoms. The van der Waals surface area contributed by atoms with Crippen LogP contribution >= 0.6 is 0 Å². The highest BCUT2D eigenvalue weighted by atomic mass is 16.1. The molecule has 1 aromatic rings. The molecular formula is C14H23N3O. The summed E-state index contributed by atoms with van der Waals surface area (Å²) in [6.45, 7) is 8.27. The quantitative estimate of drug-likeness (QED) is 0.892. The molecule has 1 fully saturated rings. The Morgan fingerprint density at radius 1 is 1.50 bits per heavy atom. The summed E-state index contributed by atoms with van der Waals surface area (Å²) >= 11 is 0. The maximum Gasteiger partial charge on any atom is 0.293 e. The van der Waals surface area contributed by atoms with E-state index in [4.69, 9.17) is 0 Å². The number of nitrogens with one attached hydrogen (secondary N) is 1. The number of anilines is 1. The third kappa shape index (κ3) is 2.74. The first kappa shape index (κ1) is 13.1. The van der Waals surface area contributed by atoms with Gasteiger partial charge in [-0.05, 0) is 39.5 Å². The van der Waals surface area contributed by atoms with Crippen molar-refractivity contribution in [3.8, 4) is 0 Å². The molecule has 1 heterocycles. The van der Waals surface area contributed by atoms with E-state index >= 15 is 0 Å². The van der Waals surface area contributed by atoms with E-state index < -0.39 is 0 Å². The van der Waals surface area contributed by atoms with E-state index in [0.29, 0.717) is 11.9 Å². The number of hydrogen-bond acceptors (Lipinski definition) is 3. The molecule has 1 N–H and O–H groups in total. The van der Waals surface area contributed by atoms with E-state index in [0.717, 1.165) is 5.92 Å². The molecule has 1 aromatic heterocycles. The second-order valence-electron chi connectivity index (χ2n) is 6.16. The summed E-state index contributed by atoms with van der Waals surface area (Å²) in [5.74, 6) is 1.22. The van der Waals surface area contributed by atoms with Crippen LogP contribution in [0.2, 0.25) is 0 Å². The van der Waals surface area contributed by atoms with Gasteiger partial charge in [0.25, 0.3) is 5.56 Å². The van der Waals surface area contributed by atoms with Crippen molar-refractivity contribution in [1.82, 2.24) is 9.55 Å². The van der Waals surface area contributed by atoms with Crippen LogP contribution in [0, 0.1) is 5.92 Å². The Balaban J connectivity index is 2.13. The Kier molecular flexibility index (Phi) is 3.46. The van der Waals surface area contributed by atoms with Gasteiger partial charge in [0.1, 0.15) is 0 Å². The van der Waals surface area contributed by atoms with Crippen molar-refractivity contribution in [3.05, 3.63) is 22.7 Å². The minimum Gasteiger partial charge on any atom is -0.362 e. The summed E-state index contributed by atoms with van der Waals surface area (Å²) in [5, 5.41) is 3.29. The highest BCUT2D eigenvalue weighted by Crippen LogP contribution is 2.36. The molecule has 0 bridgehead atoms. The second kappa shape index (κ2) is 4.75. The fourth-order valence-corrected chi connectivity index (χ4v) is 2.33. The first-order valence-corrected chi connectivity index (χ1v) is 6.78. The molecule has 0 saturated heterocycles. The standard InChI is InChI=1S/C14H23N3O/c1-5-6-10-9-11(10)16-12-13(18)17(8-7-15-12)14(2,3)4/h7-8,10-11H,5-6,9H2,1-4H3,(H,15,16). The summed E-state index contributed by atoms with van der Waals surface area (Å²) in [6.07, 6.45) is 7.06. The largest absolute Gasteiger partial charge is 0.362 e. The maximum absolute atomic E-state index is 12.3. The molecule has 1 saturated carbocycles. The average Bonchev–Trinajstić information content (AvgIpc) is 2.98. The second-order valence-corrected chi connectivity index (χ2v) is 6.16. The molecule has 2 rings (SSSR count). The third-order valence-electron chi connectivity index (χ3n) is 3.47. The molecule has 4 heteroatoms. The molecule has 1 aliphatic rings. The van der Waals surface area contributed by atoms with Crippen LogP contribution in [-0.2, 0) is 5.54 Å². The van der Waals surface area contributed by atoms with E-state index in [1.54, 1.807) is 17.0 Å². The average molecular weight is 249 g/mol. The number of aromatic nitrogens is 2. The van der Waals surface area contributed by atoms with Crippen molar-refractivity contribution >= 4 is 5.82 Å². The summed E-state index contributed by atoms with van der Waals surface area (Å²) in [7, 11) is 0. The van der Waals surface area contributed by atoms with E-state index in [9.17, 15) is 4.79 Å². The van der Waals surface area contributed by atoms with Crippen LogP contribution in [0.25, 0.3) is 0 Å². The third-order valence-corrected chi connectivity index (χ3v) is 3.47. The molecule has 0 radical (unpaired) electrons. The predicted molar refractivity (Wildman–Crippen MR) is 73.9 cm³/mol. The van der Waals surface area contributed by atoms with Gasteiger partial charge in [0, 0.05) is 24.0 Å². The van der Waals surface area contributed by atoms with Crippen LogP contribution in [0.1, 0.15) is 47.0 Å². The fourth-order valence-electron chi connectivity index (χ4n) is 2.33. The van der Waals surface area contributed by atoms with Crippen molar-refractivity contribution < 1.29 is 0 Å². The zero-order valence-corrected chi connectivity index (χ0v) is 11.7. The van der Waals surface area contributed by atoms with E-state index in [2.05, 4.69) is 17.2 Å². The van der Waals surface area contributed by atoms with Gasteiger partial charge in [-0.1, -0.05) is 13.3 Å². The zero-order valence-electron chi connectivity index (χ0n) is 11.7. The first-order chi connectivity index (χ1) is 8.43. The highest BCUT2D eigenvalue weighted by molar-refractivity contribution is 5.35. The zero-order chi connectivity index (χ0) is 13.3. The van der Waals surface area contributed by atoms with Gasteiger partial charge in [-0.15, -0.1) is 0 Å². The topological polar surface area (TPSA) is 46.9 Å². The van der Waals surface area contributed by atoms with Crippen molar-refractivity contribution in [2.24, 2.45) is 5.92 Å². The minimum absolute atomic E-state index is 0.0212. The lowest BCUT2D eigenvalue weighted by Crippen LogP contribution is -2.35. The van der Waals surface area contributed by atoms with Crippen molar-refractivity contribution in [3.63, 3.8) is 0 Å². The molecule has 1 aliphatic carbocycles. The molecular weight excluding hydrogens is 226 g/mol. The van der Waals surface area contributed by atoms with Gasteiger partial charge < -0.3 is 9.88 Å². The lowest BCUT2D eigenvalue weighted by atomic mass is 10.1. The summed E-state index contributed by atoms with van der Waals surface area (Å²) < 4.78 is 1.74. The Morgan fingerprint density at radius 2 is 2.22 bits per heavy atom. The van der Waals surface area contributed by atoms with Gasteiger partial charge in [0.15, 0.2) is 5.82 Å². The molecule has 2 unspecified atom stereocenters. The lowest BCUT2D eigenvalue weighted by molar-refractivity contribution is 0.383. The molecule has 0 amide bonds. The monoisotopic (exact) mass is 249 g/mol. The summed E-state index contributed by atoms with van der Waals surface area (Å²) in [5.41, 5.74) is -0.227. The van der Waals surface area contributed by atoms with Crippen LogP contribution in [0.5, 0.6) is 0 Å². The molecule has 4 nitrogen and oxygen atoms in total. The van der Waals surface area contributed by atoms with Crippen LogP contribution in [0.15, 0.2) is 17.2 Å². The van der Waals surface area contributed by atoms with Crippen LogP contribution in [0.3, 0.4) is 0 Å². The molecule has 0 aliphatic heterocycles. The summed E-state index contributed by atoms with van der Waals surface area (Å²) in [6, 6.07) is 0.445. The van der Waals surface area contributed by atoms with Gasteiger partial charge in [-0.3, -0.25) is 4.79 Å². The SMILES string of the molecule is CCCC1CC1Nc1nccn(C(C)(C)C)c1=O. The first-order valence-electron chi connectivity index (χ1n) is 6.78. The van der Waals surface area contributed by atoms with Crippen LogP contribution in [-0.4, -0.2) is 15.6 Å². The molecule has 100 valence electrons. The van der Waals surface area contributed by atoms with Gasteiger partial charge in [-0.25, -0.2) is 4.98 Å². The van der Waals surface area contributed by atoms with Crippen molar-refractivity contribution in [1.29, 1.82) is 0 Å². The molecule has 2 atom stereocenters. The van der Waals surface area contributed by atoms with Crippen molar-refractivity contribution in [2.45, 2.75) is 58.5 Å². The smallest absolute Gasteiger partial charge is 0.293 e. The van der Waals surface area contributed by atoms with E-state index in [1.807, 2.05) is 20.8 Å². The highest BCUT2D eigenvalue weighted by Gasteiger charge is 2.36. The number of rotatable bonds is 4. The number of hydrogen-bond donors (Lipinski definition) is 1. The van der Waals surface area contributed by atoms with Crippen LogP contribution in [0.4, 0.5) is 5.82 Å². The fraction of sp³-hybridized carbons (Fsp3) is 0.714. The van der Waals surface area contributed by atoms with Gasteiger partial charge in [-0.2, -0.15) is 0 Å². The normalized spacial score (nSPS) is 22.9. The van der Waals surface area contributed by atoms with Crippen molar-refractivity contribution in [2.75, 3.05) is 5.32 Å². The Hall–Kier alpha value is -1.32. The van der Waals surface area contributed by atoms with E-state index in [-0.39, 0.29) is 11.1 Å². The van der Waals surface area contributed by atoms with Gasteiger partial charge in [0.05, 0.1) is 0 Å². The predicted octanol–water partition coefficient (Wildman–Crippen LogP) is 2.60. The minimum atomic E-state index is -0.206. The number of nitrogens with zero attached hydrogens (tertiary/aromatic N) is 2. The Morgan fingerprint density at radius 3 is 2.83 bits per heavy atom. The molecule has 0 spiro atoms. The van der Waals surface area contributed by atoms with Crippen LogP contribution < -0.4 is 10.9 Å². The summed E-state index contributed by atoms with van der Waals surface area (Å²) in [4.78, 5) is 16.5. The Labute approximate surface area is 108 Å². The van der Waals surface area contributed by atoms with Gasteiger partial charge >= 0.3 is 0 Å². The van der Waals surface area contributed by atoms with Gasteiger partial charge in [0.2, 0.25) is 0 Å². The Bertz CT molecular complexity index is 473. The lowest BCUT2D eigenvalue weighted by Gasteiger charge is -2.22. The molecule has 0 aromatic carbocycles.